The predicted molar refractivity (Wildman–Crippen MR) is 104 cm³/mol. The van der Waals surface area contributed by atoms with Crippen molar-refractivity contribution in [2.24, 2.45) is 0 Å². The maximum atomic E-state index is 12.1. The first kappa shape index (κ1) is 19.7. The fraction of sp³-hybridized carbons (Fsp3) is 0.389. The number of carbonyl (C=O) groups is 1. The van der Waals surface area contributed by atoms with Gasteiger partial charge in [-0.3, -0.25) is 4.79 Å². The number of ether oxygens (including phenoxy) is 2. The van der Waals surface area contributed by atoms with Gasteiger partial charge in [0.1, 0.15) is 17.4 Å². The Morgan fingerprint density at radius 1 is 1.26 bits per heavy atom. The first-order chi connectivity index (χ1) is 13.0. The highest BCUT2D eigenvalue weighted by Crippen LogP contribution is 2.27. The molecule has 1 aromatic heterocycles. The summed E-state index contributed by atoms with van der Waals surface area (Å²) in [5, 5.41) is 3.61. The fourth-order valence-corrected chi connectivity index (χ4v) is 3.07. The molecule has 1 aliphatic heterocycles. The number of halogens is 2. The standard InChI is InChI=1S/C18H20Cl2N4O3/c1-12-8-17(24-4-6-26-7-5-24)23-16(22-12)10-21-18(25)11-27-15-3-2-13(19)9-14(15)20/h2-3,8-9H,4-7,10-11H2,1H3,(H,21,25). The molecule has 1 N–H and O–H groups in total. The van der Waals surface area contributed by atoms with E-state index in [-0.39, 0.29) is 19.1 Å². The Kier molecular flexibility index (Phi) is 6.71. The molecule has 0 saturated carbocycles. The molecule has 2 aromatic rings. The van der Waals surface area contributed by atoms with Gasteiger partial charge in [0.05, 0.1) is 24.8 Å². The van der Waals surface area contributed by atoms with E-state index in [1.165, 1.54) is 0 Å². The molecule has 2 heterocycles. The molecule has 1 amide bonds. The molecule has 27 heavy (non-hydrogen) atoms. The Bertz CT molecular complexity index is 813. The quantitative estimate of drug-likeness (QED) is 0.788. The summed E-state index contributed by atoms with van der Waals surface area (Å²) < 4.78 is 10.8. The van der Waals surface area contributed by atoms with Crippen LogP contribution in [0, 0.1) is 6.92 Å². The van der Waals surface area contributed by atoms with Crippen LogP contribution in [0.3, 0.4) is 0 Å². The van der Waals surface area contributed by atoms with Crippen LogP contribution >= 0.6 is 23.2 Å². The third-order valence-corrected chi connectivity index (χ3v) is 4.45. The lowest BCUT2D eigenvalue weighted by Gasteiger charge is -2.28. The van der Waals surface area contributed by atoms with E-state index in [1.807, 2.05) is 13.0 Å². The Morgan fingerprint density at radius 3 is 2.78 bits per heavy atom. The van der Waals surface area contributed by atoms with Gasteiger partial charge in [-0.05, 0) is 25.1 Å². The van der Waals surface area contributed by atoms with Gasteiger partial charge in [0.2, 0.25) is 0 Å². The van der Waals surface area contributed by atoms with Gasteiger partial charge in [-0.15, -0.1) is 0 Å². The molecule has 1 saturated heterocycles. The third-order valence-electron chi connectivity index (χ3n) is 3.92. The Morgan fingerprint density at radius 2 is 2.04 bits per heavy atom. The summed E-state index contributed by atoms with van der Waals surface area (Å²) in [6.45, 7) is 4.90. The molecule has 0 atom stereocenters. The second-order valence-electron chi connectivity index (χ2n) is 6.02. The highest BCUT2D eigenvalue weighted by atomic mass is 35.5. The van der Waals surface area contributed by atoms with E-state index < -0.39 is 0 Å². The van der Waals surface area contributed by atoms with Crippen LogP contribution in [0.15, 0.2) is 24.3 Å². The Hall–Kier alpha value is -2.09. The zero-order valence-electron chi connectivity index (χ0n) is 14.9. The number of amides is 1. The smallest absolute Gasteiger partial charge is 0.258 e. The number of morpholine rings is 1. The van der Waals surface area contributed by atoms with Crippen LogP contribution in [0.2, 0.25) is 10.0 Å². The SMILES string of the molecule is Cc1cc(N2CCOCC2)nc(CNC(=O)COc2ccc(Cl)cc2Cl)n1. The third kappa shape index (κ3) is 5.69. The number of hydrogen-bond donors (Lipinski definition) is 1. The summed E-state index contributed by atoms with van der Waals surface area (Å²) >= 11 is 11.9. The van der Waals surface area contributed by atoms with Gasteiger partial charge in [0.25, 0.3) is 5.91 Å². The molecular weight excluding hydrogens is 391 g/mol. The first-order valence-electron chi connectivity index (χ1n) is 8.53. The number of benzene rings is 1. The molecule has 1 aromatic carbocycles. The van der Waals surface area contributed by atoms with Gasteiger partial charge in [0.15, 0.2) is 6.61 Å². The maximum Gasteiger partial charge on any atom is 0.258 e. The van der Waals surface area contributed by atoms with Gasteiger partial charge in [0, 0.05) is 29.9 Å². The molecule has 1 fully saturated rings. The highest BCUT2D eigenvalue weighted by molar-refractivity contribution is 6.35. The van der Waals surface area contributed by atoms with Crippen LogP contribution in [0.5, 0.6) is 5.75 Å². The normalized spacial score (nSPS) is 14.1. The molecule has 1 aliphatic rings. The summed E-state index contributed by atoms with van der Waals surface area (Å²) in [7, 11) is 0. The van der Waals surface area contributed by atoms with Crippen LogP contribution in [0.25, 0.3) is 0 Å². The summed E-state index contributed by atoms with van der Waals surface area (Å²) in [6.07, 6.45) is 0. The molecule has 9 heteroatoms. The Balaban J connectivity index is 1.54. The molecule has 0 spiro atoms. The van der Waals surface area contributed by atoms with Gasteiger partial charge in [-0.25, -0.2) is 9.97 Å². The average Bonchev–Trinajstić information content (AvgIpc) is 2.66. The van der Waals surface area contributed by atoms with E-state index in [9.17, 15) is 4.79 Å². The number of carbonyl (C=O) groups excluding carboxylic acids is 1. The average molecular weight is 411 g/mol. The molecule has 0 unspecified atom stereocenters. The van der Waals surface area contributed by atoms with Crippen molar-refractivity contribution in [3.8, 4) is 5.75 Å². The van der Waals surface area contributed by atoms with Crippen molar-refractivity contribution in [1.82, 2.24) is 15.3 Å². The topological polar surface area (TPSA) is 76.6 Å². The van der Waals surface area contributed by atoms with Crippen molar-refractivity contribution in [3.05, 3.63) is 45.8 Å². The molecular formula is C18H20Cl2N4O3. The highest BCUT2D eigenvalue weighted by Gasteiger charge is 2.14. The van der Waals surface area contributed by atoms with Crippen molar-refractivity contribution < 1.29 is 14.3 Å². The second kappa shape index (κ2) is 9.21. The molecule has 0 bridgehead atoms. The van der Waals surface area contributed by atoms with Crippen LogP contribution in [-0.2, 0) is 16.1 Å². The van der Waals surface area contributed by atoms with Gasteiger partial charge >= 0.3 is 0 Å². The zero-order valence-corrected chi connectivity index (χ0v) is 16.4. The van der Waals surface area contributed by atoms with E-state index in [4.69, 9.17) is 32.7 Å². The number of nitrogens with zero attached hydrogens (tertiary/aromatic N) is 3. The van der Waals surface area contributed by atoms with Crippen LogP contribution in [0.1, 0.15) is 11.5 Å². The summed E-state index contributed by atoms with van der Waals surface area (Å²) in [5.41, 5.74) is 0.847. The molecule has 7 nitrogen and oxygen atoms in total. The van der Waals surface area contributed by atoms with Crippen LogP contribution in [-0.4, -0.2) is 48.8 Å². The van der Waals surface area contributed by atoms with Crippen molar-refractivity contribution in [2.75, 3.05) is 37.8 Å². The largest absolute Gasteiger partial charge is 0.482 e. The minimum Gasteiger partial charge on any atom is -0.482 e. The Labute approximate surface area is 167 Å². The number of anilines is 1. The minimum absolute atomic E-state index is 0.163. The number of aromatic nitrogens is 2. The van der Waals surface area contributed by atoms with Crippen molar-refractivity contribution >= 4 is 34.9 Å². The second-order valence-corrected chi connectivity index (χ2v) is 6.87. The summed E-state index contributed by atoms with van der Waals surface area (Å²) in [4.78, 5) is 23.1. The van der Waals surface area contributed by atoms with Gasteiger partial charge < -0.3 is 19.7 Å². The first-order valence-corrected chi connectivity index (χ1v) is 9.28. The molecule has 3 rings (SSSR count). The number of aryl methyl sites for hydroxylation is 1. The van der Waals surface area contributed by atoms with E-state index >= 15 is 0 Å². The predicted octanol–water partition coefficient (Wildman–Crippen LogP) is 2.62. The van der Waals surface area contributed by atoms with E-state index in [0.717, 1.165) is 24.6 Å². The summed E-state index contributed by atoms with van der Waals surface area (Å²) in [6, 6.07) is 6.76. The fourth-order valence-electron chi connectivity index (χ4n) is 2.61. The lowest BCUT2D eigenvalue weighted by atomic mass is 10.3. The van der Waals surface area contributed by atoms with Gasteiger partial charge in [-0.1, -0.05) is 23.2 Å². The van der Waals surface area contributed by atoms with Gasteiger partial charge in [-0.2, -0.15) is 0 Å². The van der Waals surface area contributed by atoms with E-state index in [0.29, 0.717) is 34.8 Å². The van der Waals surface area contributed by atoms with E-state index in [1.54, 1.807) is 18.2 Å². The van der Waals surface area contributed by atoms with Crippen molar-refractivity contribution in [1.29, 1.82) is 0 Å². The van der Waals surface area contributed by atoms with Crippen molar-refractivity contribution in [2.45, 2.75) is 13.5 Å². The molecule has 0 radical (unpaired) electrons. The zero-order chi connectivity index (χ0) is 19.2. The van der Waals surface area contributed by atoms with Crippen molar-refractivity contribution in [3.63, 3.8) is 0 Å². The number of nitrogens with one attached hydrogen (secondary N) is 1. The molecule has 0 aliphatic carbocycles. The molecule has 144 valence electrons. The number of hydrogen-bond acceptors (Lipinski definition) is 6. The maximum absolute atomic E-state index is 12.1. The monoisotopic (exact) mass is 410 g/mol. The van der Waals surface area contributed by atoms with Crippen LogP contribution in [0.4, 0.5) is 5.82 Å². The van der Waals surface area contributed by atoms with Crippen LogP contribution < -0.4 is 15.0 Å². The minimum atomic E-state index is -0.293. The number of rotatable bonds is 6. The summed E-state index contributed by atoms with van der Waals surface area (Å²) in [5.74, 6) is 1.50. The lowest BCUT2D eigenvalue weighted by Crippen LogP contribution is -2.37. The van der Waals surface area contributed by atoms with E-state index in [2.05, 4.69) is 20.2 Å². The lowest BCUT2D eigenvalue weighted by molar-refractivity contribution is -0.123.